The third-order valence-electron chi connectivity index (χ3n) is 5.46. The van der Waals surface area contributed by atoms with Gasteiger partial charge in [-0.1, -0.05) is 0 Å². The largest absolute Gasteiger partial charge is 0.478 e. The number of anilines is 1. The van der Waals surface area contributed by atoms with Crippen LogP contribution in [0.5, 0.6) is 5.75 Å². The van der Waals surface area contributed by atoms with Gasteiger partial charge in [0.15, 0.2) is 11.9 Å². The van der Waals surface area contributed by atoms with E-state index in [1.54, 1.807) is 26.1 Å². The third kappa shape index (κ3) is 5.01. The number of carbonyl (C=O) groups excluding carboxylic acids is 2. The summed E-state index contributed by atoms with van der Waals surface area (Å²) in [6.07, 6.45) is -1.89. The zero-order chi connectivity index (χ0) is 26.2. The third-order valence-corrected chi connectivity index (χ3v) is 6.41. The number of carbonyl (C=O) groups is 2. The highest BCUT2D eigenvalue weighted by Crippen LogP contribution is 2.44. The summed E-state index contributed by atoms with van der Waals surface area (Å²) < 4.78 is 57.4. The second-order valence-electron chi connectivity index (χ2n) is 8.12. The van der Waals surface area contributed by atoms with Gasteiger partial charge >= 0.3 is 6.18 Å². The Morgan fingerprint density at radius 3 is 2.50 bits per heavy atom. The number of benzene rings is 1. The summed E-state index contributed by atoms with van der Waals surface area (Å²) in [4.78, 5) is 39.0. The summed E-state index contributed by atoms with van der Waals surface area (Å²) in [7, 11) is 0. The van der Waals surface area contributed by atoms with Crippen LogP contribution in [0.4, 0.5) is 23.2 Å². The normalized spacial score (nSPS) is 16.4. The van der Waals surface area contributed by atoms with Gasteiger partial charge in [0.05, 0.1) is 23.8 Å². The van der Waals surface area contributed by atoms with E-state index in [0.29, 0.717) is 16.3 Å². The van der Waals surface area contributed by atoms with Crippen LogP contribution >= 0.6 is 11.3 Å². The van der Waals surface area contributed by atoms with Gasteiger partial charge in [-0.2, -0.15) is 13.2 Å². The van der Waals surface area contributed by atoms with Crippen molar-refractivity contribution < 1.29 is 31.9 Å². The minimum atomic E-state index is -4.68. The van der Waals surface area contributed by atoms with Crippen LogP contribution in [0, 0.1) is 6.92 Å². The quantitative estimate of drug-likeness (QED) is 0.478. The first-order valence-electron chi connectivity index (χ1n) is 10.8. The molecule has 2 aromatic heterocycles. The molecule has 1 unspecified atom stereocenters. The summed E-state index contributed by atoms with van der Waals surface area (Å²) in [6.45, 7) is 3.96. The summed E-state index contributed by atoms with van der Waals surface area (Å²) in [6, 6.07) is 2.24. The van der Waals surface area contributed by atoms with Gasteiger partial charge in [0.1, 0.15) is 11.7 Å². The molecule has 0 saturated carbocycles. The number of alkyl halides is 4. The molecule has 4 rings (SSSR count). The standard InChI is InChI=1S/C23H21F4N5O3S/c1-11-8-28-20(36-11)16-6-14(7-17-18(16)35-13(3)21(34)32(17)5-4-24)19(33)31-12(2)15-9-29-22(30-10-15)23(25,26)27/h6-10,12-13H,4-5H2,1-3H3,(H,31,33)/t12-,13?/m1/s1. The van der Waals surface area contributed by atoms with Crippen LogP contribution in [0.1, 0.15) is 46.5 Å². The maximum atomic E-state index is 13.3. The summed E-state index contributed by atoms with van der Waals surface area (Å²) in [5, 5.41) is 3.24. The smallest absolute Gasteiger partial charge is 0.451 e. The molecule has 0 saturated heterocycles. The van der Waals surface area contributed by atoms with E-state index in [1.165, 1.54) is 22.3 Å². The van der Waals surface area contributed by atoms with Crippen LogP contribution in [0.2, 0.25) is 0 Å². The predicted molar refractivity (Wildman–Crippen MR) is 124 cm³/mol. The van der Waals surface area contributed by atoms with Gasteiger partial charge in [-0.05, 0) is 32.9 Å². The molecule has 2 amide bonds. The van der Waals surface area contributed by atoms with Crippen molar-refractivity contribution in [1.82, 2.24) is 20.3 Å². The van der Waals surface area contributed by atoms with Crippen molar-refractivity contribution in [3.8, 4) is 16.3 Å². The molecule has 1 aliphatic heterocycles. The summed E-state index contributed by atoms with van der Waals surface area (Å²) in [5.41, 5.74) is 1.09. The average Bonchev–Trinajstić information content (AvgIpc) is 3.27. The zero-order valence-electron chi connectivity index (χ0n) is 19.4. The van der Waals surface area contributed by atoms with Crippen molar-refractivity contribution in [2.75, 3.05) is 18.1 Å². The molecule has 8 nitrogen and oxygen atoms in total. The van der Waals surface area contributed by atoms with Crippen molar-refractivity contribution in [3.63, 3.8) is 0 Å². The number of thiazole rings is 1. The Balaban J connectivity index is 1.70. The minimum Gasteiger partial charge on any atom is -0.478 e. The van der Waals surface area contributed by atoms with Crippen molar-refractivity contribution in [3.05, 3.63) is 52.6 Å². The highest BCUT2D eigenvalue weighted by Gasteiger charge is 2.36. The fraction of sp³-hybridized carbons (Fsp3) is 0.348. The Morgan fingerprint density at radius 2 is 1.92 bits per heavy atom. The van der Waals surface area contributed by atoms with Gasteiger partial charge in [-0.25, -0.2) is 19.3 Å². The fourth-order valence-electron chi connectivity index (χ4n) is 3.66. The number of hydrogen-bond acceptors (Lipinski definition) is 7. The molecule has 0 bridgehead atoms. The molecule has 13 heteroatoms. The second-order valence-corrected chi connectivity index (χ2v) is 9.35. The molecule has 0 spiro atoms. The first-order valence-corrected chi connectivity index (χ1v) is 11.7. The fourth-order valence-corrected chi connectivity index (χ4v) is 4.44. The maximum absolute atomic E-state index is 13.3. The van der Waals surface area contributed by atoms with E-state index in [2.05, 4.69) is 20.3 Å². The molecule has 36 heavy (non-hydrogen) atoms. The van der Waals surface area contributed by atoms with E-state index in [-0.39, 0.29) is 23.4 Å². The Bertz CT molecular complexity index is 1300. The number of ether oxygens (including phenoxy) is 1. The molecule has 190 valence electrons. The second kappa shape index (κ2) is 9.80. The van der Waals surface area contributed by atoms with Gasteiger partial charge in [0.25, 0.3) is 11.8 Å². The first-order chi connectivity index (χ1) is 17.0. The lowest BCUT2D eigenvalue weighted by molar-refractivity contribution is -0.145. The number of aryl methyl sites for hydroxylation is 1. The number of amides is 2. The van der Waals surface area contributed by atoms with Crippen LogP contribution < -0.4 is 15.0 Å². The number of nitrogens with zero attached hydrogens (tertiary/aromatic N) is 4. The molecule has 1 aliphatic rings. The molecule has 0 aliphatic carbocycles. The molecular weight excluding hydrogens is 502 g/mol. The topological polar surface area (TPSA) is 97.3 Å². The Labute approximate surface area is 207 Å². The van der Waals surface area contributed by atoms with Crippen molar-refractivity contribution in [2.45, 2.75) is 39.1 Å². The Hall–Kier alpha value is -3.61. The molecule has 2 atom stereocenters. The summed E-state index contributed by atoms with van der Waals surface area (Å²) in [5.74, 6) is -2.00. The monoisotopic (exact) mass is 523 g/mol. The number of fused-ring (bicyclic) bond motifs is 1. The van der Waals surface area contributed by atoms with Crippen molar-refractivity contribution in [2.24, 2.45) is 0 Å². The van der Waals surface area contributed by atoms with Crippen molar-refractivity contribution >= 4 is 28.8 Å². The summed E-state index contributed by atoms with van der Waals surface area (Å²) >= 11 is 1.36. The molecule has 0 fully saturated rings. The van der Waals surface area contributed by atoms with E-state index in [9.17, 15) is 27.2 Å². The van der Waals surface area contributed by atoms with E-state index >= 15 is 0 Å². The number of hydrogen-bond donors (Lipinski definition) is 1. The van der Waals surface area contributed by atoms with Gasteiger partial charge in [-0.15, -0.1) is 11.3 Å². The van der Waals surface area contributed by atoms with Crippen LogP contribution in [0.25, 0.3) is 10.6 Å². The first kappa shape index (κ1) is 25.5. The van der Waals surface area contributed by atoms with E-state index < -0.39 is 42.6 Å². The molecule has 1 N–H and O–H groups in total. The molecule has 3 heterocycles. The van der Waals surface area contributed by atoms with Gasteiger partial charge in [-0.3, -0.25) is 9.59 Å². The Morgan fingerprint density at radius 1 is 1.22 bits per heavy atom. The Kier molecular flexibility index (Phi) is 6.94. The van der Waals surface area contributed by atoms with Gasteiger partial charge in [0, 0.05) is 34.6 Å². The van der Waals surface area contributed by atoms with E-state index in [0.717, 1.165) is 17.3 Å². The zero-order valence-corrected chi connectivity index (χ0v) is 20.2. The van der Waals surface area contributed by atoms with E-state index in [4.69, 9.17) is 4.74 Å². The number of halogens is 4. The number of nitrogens with one attached hydrogen (secondary N) is 1. The van der Waals surface area contributed by atoms with Gasteiger partial charge in [0.2, 0.25) is 5.82 Å². The average molecular weight is 524 g/mol. The number of aromatic nitrogens is 3. The van der Waals surface area contributed by atoms with Crippen LogP contribution in [-0.4, -0.2) is 46.1 Å². The minimum absolute atomic E-state index is 0.131. The lowest BCUT2D eigenvalue weighted by Crippen LogP contribution is -2.45. The van der Waals surface area contributed by atoms with Crippen LogP contribution in [-0.2, 0) is 11.0 Å². The maximum Gasteiger partial charge on any atom is 0.451 e. The van der Waals surface area contributed by atoms with Crippen molar-refractivity contribution in [1.29, 1.82) is 0 Å². The highest BCUT2D eigenvalue weighted by molar-refractivity contribution is 7.15. The van der Waals surface area contributed by atoms with Gasteiger partial charge < -0.3 is 15.0 Å². The SMILES string of the molecule is Cc1cnc(-c2cc(C(=O)N[C@H](C)c3cnc(C(F)(F)F)nc3)cc3c2OC(C)C(=O)N3CCF)s1. The molecule has 0 radical (unpaired) electrons. The van der Waals surface area contributed by atoms with Crippen LogP contribution in [0.3, 0.4) is 0 Å². The number of rotatable bonds is 6. The van der Waals surface area contributed by atoms with E-state index in [1.807, 2.05) is 6.92 Å². The predicted octanol–water partition coefficient (Wildman–Crippen LogP) is 4.50. The molecular formula is C23H21F4N5O3S. The molecule has 3 aromatic rings. The lowest BCUT2D eigenvalue weighted by atomic mass is 10.0. The van der Waals surface area contributed by atoms with Crippen LogP contribution in [0.15, 0.2) is 30.7 Å². The highest BCUT2D eigenvalue weighted by atomic mass is 32.1. The molecule has 1 aromatic carbocycles. The lowest BCUT2D eigenvalue weighted by Gasteiger charge is -2.34.